The highest BCUT2D eigenvalue weighted by molar-refractivity contribution is 5.19. The zero-order chi connectivity index (χ0) is 15.1. The summed E-state index contributed by atoms with van der Waals surface area (Å²) in [5.74, 6) is 0.697. The molecule has 3 nitrogen and oxygen atoms in total. The summed E-state index contributed by atoms with van der Waals surface area (Å²) in [4.78, 5) is 4.72. The van der Waals surface area contributed by atoms with E-state index in [0.29, 0.717) is 5.92 Å². The molecule has 2 rings (SSSR count). The molecule has 1 N–H and O–H groups in total. The summed E-state index contributed by atoms with van der Waals surface area (Å²) < 4.78 is 0. The number of aliphatic hydroxyl groups excluding tert-OH is 1. The normalized spacial score (nSPS) is 19.0. The second kappa shape index (κ2) is 8.52. The lowest BCUT2D eigenvalue weighted by Crippen LogP contribution is -2.43. The van der Waals surface area contributed by atoms with Crippen LogP contribution in [0.3, 0.4) is 0 Å². The Morgan fingerprint density at radius 3 is 2.33 bits per heavy atom. The predicted molar refractivity (Wildman–Crippen MR) is 88.7 cm³/mol. The third-order valence-corrected chi connectivity index (χ3v) is 4.69. The summed E-state index contributed by atoms with van der Waals surface area (Å²) in [5, 5.41) is 10.2. The Labute approximate surface area is 129 Å². The lowest BCUT2D eigenvalue weighted by molar-refractivity contribution is 0.0675. The third kappa shape index (κ3) is 5.10. The van der Waals surface area contributed by atoms with Crippen LogP contribution in [-0.4, -0.2) is 60.3 Å². The van der Waals surface area contributed by atoms with E-state index in [2.05, 4.69) is 54.0 Å². The summed E-state index contributed by atoms with van der Waals surface area (Å²) in [5.41, 5.74) is 1.47. The molecule has 1 heterocycles. The fourth-order valence-electron chi connectivity index (χ4n) is 3.31. The fraction of sp³-hybridized carbons (Fsp3) is 0.667. The molecular formula is C18H30N2O. The molecule has 118 valence electrons. The van der Waals surface area contributed by atoms with E-state index in [1.165, 1.54) is 18.4 Å². The molecule has 0 radical (unpaired) electrons. The van der Waals surface area contributed by atoms with Crippen molar-refractivity contribution >= 4 is 0 Å². The van der Waals surface area contributed by atoms with Gasteiger partial charge in [0, 0.05) is 13.1 Å². The molecular weight excluding hydrogens is 260 g/mol. The van der Waals surface area contributed by atoms with Gasteiger partial charge in [-0.1, -0.05) is 44.2 Å². The summed E-state index contributed by atoms with van der Waals surface area (Å²) in [7, 11) is 0. The Hall–Kier alpha value is -0.900. The first-order chi connectivity index (χ1) is 10.2. The quantitative estimate of drug-likeness (QED) is 0.836. The van der Waals surface area contributed by atoms with Gasteiger partial charge in [0.05, 0.1) is 6.10 Å². The van der Waals surface area contributed by atoms with Crippen LogP contribution in [-0.2, 0) is 0 Å². The Kier molecular flexibility index (Phi) is 6.68. The Balaban J connectivity index is 1.74. The number of benzene rings is 1. The van der Waals surface area contributed by atoms with Gasteiger partial charge in [0.2, 0.25) is 0 Å². The van der Waals surface area contributed by atoms with Crippen LogP contribution in [0.4, 0.5) is 0 Å². The summed E-state index contributed by atoms with van der Waals surface area (Å²) in [6.07, 6.45) is 2.20. The van der Waals surface area contributed by atoms with Crippen LogP contribution in [0.5, 0.6) is 0 Å². The van der Waals surface area contributed by atoms with Crippen LogP contribution in [0.15, 0.2) is 30.3 Å². The zero-order valence-corrected chi connectivity index (χ0v) is 13.5. The van der Waals surface area contributed by atoms with Crippen LogP contribution in [0, 0.1) is 0 Å². The van der Waals surface area contributed by atoms with Crippen LogP contribution >= 0.6 is 0 Å². The van der Waals surface area contributed by atoms with Gasteiger partial charge in [-0.3, -0.25) is 0 Å². The van der Waals surface area contributed by atoms with Gasteiger partial charge in [-0.2, -0.15) is 0 Å². The minimum atomic E-state index is -0.224. The number of aliphatic hydroxyl groups is 1. The van der Waals surface area contributed by atoms with Crippen molar-refractivity contribution < 1.29 is 5.11 Å². The van der Waals surface area contributed by atoms with Crippen LogP contribution in [0.1, 0.15) is 38.2 Å². The summed E-state index contributed by atoms with van der Waals surface area (Å²) in [6.45, 7) is 10.2. The van der Waals surface area contributed by atoms with Gasteiger partial charge < -0.3 is 14.9 Å². The smallest absolute Gasteiger partial charge is 0.0793 e. The van der Waals surface area contributed by atoms with E-state index in [4.69, 9.17) is 0 Å². The van der Waals surface area contributed by atoms with Gasteiger partial charge in [-0.25, -0.2) is 0 Å². The molecule has 1 atom stereocenters. The lowest BCUT2D eigenvalue weighted by atomic mass is 9.89. The van der Waals surface area contributed by atoms with E-state index in [-0.39, 0.29) is 6.10 Å². The van der Waals surface area contributed by atoms with E-state index in [9.17, 15) is 5.11 Å². The van der Waals surface area contributed by atoms with Crippen molar-refractivity contribution in [3.63, 3.8) is 0 Å². The van der Waals surface area contributed by atoms with Crippen molar-refractivity contribution in [3.8, 4) is 0 Å². The van der Waals surface area contributed by atoms with E-state index in [1.54, 1.807) is 0 Å². The maximum Gasteiger partial charge on any atom is 0.0793 e. The molecule has 0 amide bonds. The second-order valence-corrected chi connectivity index (χ2v) is 6.13. The molecule has 0 bridgehead atoms. The molecule has 0 aliphatic carbocycles. The van der Waals surface area contributed by atoms with Crippen LogP contribution in [0.2, 0.25) is 0 Å². The maximum atomic E-state index is 10.2. The van der Waals surface area contributed by atoms with Crippen molar-refractivity contribution in [1.29, 1.82) is 0 Å². The molecule has 1 aliphatic rings. The zero-order valence-electron chi connectivity index (χ0n) is 13.5. The average Bonchev–Trinajstić information content (AvgIpc) is 2.54. The average molecular weight is 290 g/mol. The van der Waals surface area contributed by atoms with E-state index in [1.807, 2.05) is 0 Å². The van der Waals surface area contributed by atoms with Crippen molar-refractivity contribution in [2.45, 2.75) is 38.7 Å². The molecule has 1 aliphatic heterocycles. The number of likely N-dealkylation sites (tertiary alicyclic amines) is 1. The largest absolute Gasteiger partial charge is 0.390 e. The summed E-state index contributed by atoms with van der Waals surface area (Å²) >= 11 is 0. The first-order valence-corrected chi connectivity index (χ1v) is 8.40. The highest BCUT2D eigenvalue weighted by Gasteiger charge is 2.22. The predicted octanol–water partition coefficient (Wildman–Crippen LogP) is 2.57. The van der Waals surface area contributed by atoms with Crippen molar-refractivity contribution in [2.24, 2.45) is 0 Å². The molecule has 0 aromatic heterocycles. The van der Waals surface area contributed by atoms with Gasteiger partial charge in [-0.05, 0) is 50.5 Å². The monoisotopic (exact) mass is 290 g/mol. The standard InChI is InChI=1S/C18H30N2O/c1-3-19(4-2)14-18(21)15-20-12-10-17(11-13-20)16-8-6-5-7-9-16/h5-9,17-18,21H,3-4,10-15H2,1-2H3. The molecule has 21 heavy (non-hydrogen) atoms. The first kappa shape index (κ1) is 16.5. The lowest BCUT2D eigenvalue weighted by Gasteiger charge is -2.34. The molecule has 0 spiro atoms. The molecule has 1 aromatic rings. The molecule has 1 unspecified atom stereocenters. The minimum absolute atomic E-state index is 0.224. The van der Waals surface area contributed by atoms with Gasteiger partial charge in [0.15, 0.2) is 0 Å². The van der Waals surface area contributed by atoms with Crippen molar-refractivity contribution in [2.75, 3.05) is 39.3 Å². The van der Waals surface area contributed by atoms with Crippen LogP contribution < -0.4 is 0 Å². The Morgan fingerprint density at radius 2 is 1.76 bits per heavy atom. The summed E-state index contributed by atoms with van der Waals surface area (Å²) in [6, 6.07) is 10.8. The number of rotatable bonds is 7. The van der Waals surface area contributed by atoms with Gasteiger partial charge in [-0.15, -0.1) is 0 Å². The Bertz CT molecular complexity index is 383. The topological polar surface area (TPSA) is 26.7 Å². The Morgan fingerprint density at radius 1 is 1.14 bits per heavy atom. The third-order valence-electron chi connectivity index (χ3n) is 4.69. The van der Waals surface area contributed by atoms with Gasteiger partial charge in [0.1, 0.15) is 0 Å². The first-order valence-electron chi connectivity index (χ1n) is 8.40. The van der Waals surface area contributed by atoms with Crippen molar-refractivity contribution in [1.82, 2.24) is 9.80 Å². The molecule has 1 fully saturated rings. The highest BCUT2D eigenvalue weighted by atomic mass is 16.3. The molecule has 0 saturated carbocycles. The number of likely N-dealkylation sites (N-methyl/N-ethyl adjacent to an activating group) is 1. The number of nitrogens with zero attached hydrogens (tertiary/aromatic N) is 2. The fourth-order valence-corrected chi connectivity index (χ4v) is 3.31. The van der Waals surface area contributed by atoms with E-state index >= 15 is 0 Å². The molecule has 3 heteroatoms. The number of hydrogen-bond donors (Lipinski definition) is 1. The number of β-amino-alcohol motifs (C(OH)–C–C–N with tert-alkyl or cyclic N) is 1. The van der Waals surface area contributed by atoms with Gasteiger partial charge in [0.25, 0.3) is 0 Å². The van der Waals surface area contributed by atoms with Crippen molar-refractivity contribution in [3.05, 3.63) is 35.9 Å². The minimum Gasteiger partial charge on any atom is -0.390 e. The number of piperidine rings is 1. The van der Waals surface area contributed by atoms with Crippen LogP contribution in [0.25, 0.3) is 0 Å². The maximum absolute atomic E-state index is 10.2. The molecule has 1 aromatic carbocycles. The SMILES string of the molecule is CCN(CC)CC(O)CN1CCC(c2ccccc2)CC1. The number of hydrogen-bond acceptors (Lipinski definition) is 3. The highest BCUT2D eigenvalue weighted by Crippen LogP contribution is 2.27. The van der Waals surface area contributed by atoms with Gasteiger partial charge >= 0.3 is 0 Å². The van der Waals surface area contributed by atoms with E-state index < -0.39 is 0 Å². The van der Waals surface area contributed by atoms with E-state index in [0.717, 1.165) is 39.3 Å². The second-order valence-electron chi connectivity index (χ2n) is 6.13. The molecule has 1 saturated heterocycles.